The van der Waals surface area contributed by atoms with Crippen LogP contribution >= 0.6 is 11.8 Å². The number of anilines is 2. The summed E-state index contributed by atoms with van der Waals surface area (Å²) in [4.78, 5) is 8.92. The number of aryl methyl sites for hydroxylation is 1. The lowest BCUT2D eigenvalue weighted by atomic mass is 10.0. The van der Waals surface area contributed by atoms with E-state index >= 15 is 0 Å². The van der Waals surface area contributed by atoms with Crippen molar-refractivity contribution in [1.82, 2.24) is 9.97 Å². The summed E-state index contributed by atoms with van der Waals surface area (Å²) < 4.78 is 0. The van der Waals surface area contributed by atoms with Gasteiger partial charge in [-0.3, -0.25) is 0 Å². The van der Waals surface area contributed by atoms with E-state index in [0.717, 1.165) is 42.9 Å². The molecule has 19 heavy (non-hydrogen) atoms. The van der Waals surface area contributed by atoms with E-state index in [2.05, 4.69) is 39.3 Å². The Hall–Kier alpha value is -0.970. The summed E-state index contributed by atoms with van der Waals surface area (Å²) in [5, 5.41) is 6.72. The standard InChI is InChI=1S/C14H24N4S/c1-3-6-15-14-17-11(2)9-13(18-14)16-10-12-4-7-19-8-5-12/h9,12H,3-8,10H2,1-2H3,(H2,15,16,17,18). The molecule has 1 fully saturated rings. The number of hydrogen-bond acceptors (Lipinski definition) is 5. The van der Waals surface area contributed by atoms with Crippen molar-refractivity contribution < 1.29 is 0 Å². The Bertz CT molecular complexity index is 391. The molecular formula is C14H24N4S. The van der Waals surface area contributed by atoms with Gasteiger partial charge in [0, 0.05) is 24.8 Å². The molecule has 0 spiro atoms. The summed E-state index contributed by atoms with van der Waals surface area (Å²) in [7, 11) is 0. The third kappa shape index (κ3) is 4.90. The quantitative estimate of drug-likeness (QED) is 0.838. The molecule has 4 nitrogen and oxygen atoms in total. The van der Waals surface area contributed by atoms with Crippen LogP contribution in [-0.2, 0) is 0 Å². The first-order chi connectivity index (χ1) is 9.28. The predicted molar refractivity (Wildman–Crippen MR) is 84.1 cm³/mol. The van der Waals surface area contributed by atoms with Gasteiger partial charge in [-0.1, -0.05) is 6.92 Å². The van der Waals surface area contributed by atoms with Crippen LogP contribution in [0.15, 0.2) is 6.07 Å². The highest BCUT2D eigenvalue weighted by Crippen LogP contribution is 2.23. The molecular weight excluding hydrogens is 256 g/mol. The Morgan fingerprint density at radius 2 is 2.05 bits per heavy atom. The fourth-order valence-corrected chi connectivity index (χ4v) is 3.38. The van der Waals surface area contributed by atoms with E-state index in [-0.39, 0.29) is 0 Å². The lowest BCUT2D eigenvalue weighted by Crippen LogP contribution is -2.20. The maximum atomic E-state index is 4.52. The van der Waals surface area contributed by atoms with Gasteiger partial charge in [0.2, 0.25) is 5.95 Å². The number of nitrogens with one attached hydrogen (secondary N) is 2. The van der Waals surface area contributed by atoms with Crippen LogP contribution in [-0.4, -0.2) is 34.6 Å². The lowest BCUT2D eigenvalue weighted by Gasteiger charge is -2.21. The van der Waals surface area contributed by atoms with E-state index < -0.39 is 0 Å². The maximum Gasteiger partial charge on any atom is 0.224 e. The second-order valence-corrected chi connectivity index (χ2v) is 6.31. The third-order valence-electron chi connectivity index (χ3n) is 3.30. The van der Waals surface area contributed by atoms with E-state index in [9.17, 15) is 0 Å². The summed E-state index contributed by atoms with van der Waals surface area (Å²) in [6.45, 7) is 6.11. The molecule has 0 aliphatic carbocycles. The molecule has 2 rings (SSSR count). The van der Waals surface area contributed by atoms with Gasteiger partial charge in [-0.05, 0) is 43.6 Å². The molecule has 1 aromatic heterocycles. The zero-order chi connectivity index (χ0) is 13.5. The van der Waals surface area contributed by atoms with Gasteiger partial charge in [-0.2, -0.15) is 16.7 Å². The van der Waals surface area contributed by atoms with Gasteiger partial charge in [0.1, 0.15) is 5.82 Å². The molecule has 5 heteroatoms. The van der Waals surface area contributed by atoms with Crippen molar-refractivity contribution in [2.45, 2.75) is 33.1 Å². The van der Waals surface area contributed by atoms with Gasteiger partial charge >= 0.3 is 0 Å². The molecule has 0 radical (unpaired) electrons. The van der Waals surface area contributed by atoms with Gasteiger partial charge in [0.15, 0.2) is 0 Å². The van der Waals surface area contributed by atoms with Crippen molar-refractivity contribution in [3.8, 4) is 0 Å². The van der Waals surface area contributed by atoms with Crippen molar-refractivity contribution in [2.24, 2.45) is 5.92 Å². The van der Waals surface area contributed by atoms with Crippen LogP contribution in [0.1, 0.15) is 31.9 Å². The molecule has 0 saturated carbocycles. The molecule has 1 aromatic rings. The third-order valence-corrected chi connectivity index (χ3v) is 4.35. The second kappa shape index (κ2) is 7.58. The minimum atomic E-state index is 0.739. The minimum Gasteiger partial charge on any atom is -0.370 e. The highest BCUT2D eigenvalue weighted by atomic mass is 32.2. The largest absolute Gasteiger partial charge is 0.370 e. The summed E-state index contributed by atoms with van der Waals surface area (Å²) in [6, 6.07) is 2.02. The van der Waals surface area contributed by atoms with Crippen LogP contribution in [0.25, 0.3) is 0 Å². The molecule has 0 amide bonds. The number of nitrogens with zero attached hydrogens (tertiary/aromatic N) is 2. The summed E-state index contributed by atoms with van der Waals surface area (Å²) in [6.07, 6.45) is 3.73. The second-order valence-electron chi connectivity index (χ2n) is 5.08. The highest BCUT2D eigenvalue weighted by Gasteiger charge is 2.13. The number of hydrogen-bond donors (Lipinski definition) is 2. The molecule has 1 aliphatic heterocycles. The van der Waals surface area contributed by atoms with Gasteiger partial charge < -0.3 is 10.6 Å². The first kappa shape index (κ1) is 14.4. The van der Waals surface area contributed by atoms with Gasteiger partial charge in [0.25, 0.3) is 0 Å². The SMILES string of the molecule is CCCNc1nc(C)cc(NCC2CCSCC2)n1. The summed E-state index contributed by atoms with van der Waals surface area (Å²) in [5.41, 5.74) is 1.01. The van der Waals surface area contributed by atoms with Crippen LogP contribution in [0, 0.1) is 12.8 Å². The van der Waals surface area contributed by atoms with E-state index in [1.165, 1.54) is 24.3 Å². The van der Waals surface area contributed by atoms with E-state index in [4.69, 9.17) is 0 Å². The zero-order valence-electron chi connectivity index (χ0n) is 11.9. The molecule has 0 unspecified atom stereocenters. The van der Waals surface area contributed by atoms with Gasteiger partial charge in [-0.15, -0.1) is 0 Å². The topological polar surface area (TPSA) is 49.8 Å². The number of rotatable bonds is 6. The Labute approximate surface area is 120 Å². The Morgan fingerprint density at radius 3 is 2.79 bits per heavy atom. The molecule has 1 saturated heterocycles. The van der Waals surface area contributed by atoms with Crippen molar-refractivity contribution in [2.75, 3.05) is 35.2 Å². The number of aromatic nitrogens is 2. The number of thioether (sulfide) groups is 1. The monoisotopic (exact) mass is 280 g/mol. The molecule has 0 aromatic carbocycles. The van der Waals surface area contributed by atoms with E-state index in [0.29, 0.717) is 0 Å². The predicted octanol–water partition coefficient (Wildman–Crippen LogP) is 3.16. The van der Waals surface area contributed by atoms with Crippen molar-refractivity contribution in [1.29, 1.82) is 0 Å². The van der Waals surface area contributed by atoms with Crippen molar-refractivity contribution in [3.63, 3.8) is 0 Å². The van der Waals surface area contributed by atoms with Crippen LogP contribution in [0.3, 0.4) is 0 Å². The summed E-state index contributed by atoms with van der Waals surface area (Å²) >= 11 is 2.07. The van der Waals surface area contributed by atoms with Crippen LogP contribution in [0.2, 0.25) is 0 Å². The minimum absolute atomic E-state index is 0.739. The molecule has 0 bridgehead atoms. The molecule has 106 valence electrons. The first-order valence-electron chi connectivity index (χ1n) is 7.19. The Morgan fingerprint density at radius 1 is 1.26 bits per heavy atom. The average molecular weight is 280 g/mol. The summed E-state index contributed by atoms with van der Waals surface area (Å²) in [5.74, 6) is 5.09. The maximum absolute atomic E-state index is 4.52. The van der Waals surface area contributed by atoms with Crippen molar-refractivity contribution in [3.05, 3.63) is 11.8 Å². The Balaban J connectivity index is 1.89. The van der Waals surface area contributed by atoms with Gasteiger partial charge in [0.05, 0.1) is 0 Å². The molecule has 2 N–H and O–H groups in total. The van der Waals surface area contributed by atoms with Crippen LogP contribution in [0.4, 0.5) is 11.8 Å². The highest BCUT2D eigenvalue weighted by molar-refractivity contribution is 7.99. The molecule has 1 aliphatic rings. The lowest BCUT2D eigenvalue weighted by molar-refractivity contribution is 0.515. The van der Waals surface area contributed by atoms with E-state index in [1.807, 2.05) is 13.0 Å². The van der Waals surface area contributed by atoms with Crippen LogP contribution < -0.4 is 10.6 Å². The fourth-order valence-electron chi connectivity index (χ4n) is 2.17. The van der Waals surface area contributed by atoms with Gasteiger partial charge in [-0.25, -0.2) is 4.98 Å². The molecule has 0 atom stereocenters. The Kier molecular flexibility index (Phi) is 5.76. The smallest absolute Gasteiger partial charge is 0.224 e. The normalized spacial score (nSPS) is 16.3. The first-order valence-corrected chi connectivity index (χ1v) is 8.34. The molecule has 2 heterocycles. The fraction of sp³-hybridized carbons (Fsp3) is 0.714. The van der Waals surface area contributed by atoms with E-state index in [1.54, 1.807) is 0 Å². The van der Waals surface area contributed by atoms with Crippen LogP contribution in [0.5, 0.6) is 0 Å². The zero-order valence-corrected chi connectivity index (χ0v) is 12.7. The van der Waals surface area contributed by atoms with Crippen molar-refractivity contribution >= 4 is 23.5 Å². The average Bonchev–Trinajstić information content (AvgIpc) is 2.43.